The first-order chi connectivity index (χ1) is 8.10. The highest BCUT2D eigenvalue weighted by atomic mass is 35.5. The summed E-state index contributed by atoms with van der Waals surface area (Å²) in [6.07, 6.45) is 1.25. The quantitative estimate of drug-likeness (QED) is 0.913. The Bertz CT molecular complexity index is 392. The minimum atomic E-state index is 0. The van der Waals surface area contributed by atoms with Crippen molar-refractivity contribution in [3.8, 4) is 0 Å². The molecule has 0 amide bonds. The second-order valence-corrected chi connectivity index (χ2v) is 5.53. The minimum absolute atomic E-state index is 0. The second-order valence-electron chi connectivity index (χ2n) is 5.53. The zero-order chi connectivity index (χ0) is 12.4. The van der Waals surface area contributed by atoms with E-state index in [1.807, 2.05) is 0 Å². The van der Waals surface area contributed by atoms with Crippen LogP contribution in [-0.4, -0.2) is 24.0 Å². The van der Waals surface area contributed by atoms with Gasteiger partial charge in [-0.15, -0.1) is 12.4 Å². The standard InChI is InChI=1S/C15H24N2.ClH/c1-11-4-5-14(6-12(11)2)9-17-10-15(8-16)7-13(17)3;/h4-6,13,15H,7-10,16H2,1-3H3;1H. The molecule has 2 unspecified atom stereocenters. The Morgan fingerprint density at radius 2 is 2.00 bits per heavy atom. The minimum Gasteiger partial charge on any atom is -0.330 e. The van der Waals surface area contributed by atoms with Crippen molar-refractivity contribution in [2.75, 3.05) is 13.1 Å². The summed E-state index contributed by atoms with van der Waals surface area (Å²) in [6, 6.07) is 7.47. The summed E-state index contributed by atoms with van der Waals surface area (Å²) in [7, 11) is 0. The van der Waals surface area contributed by atoms with Crippen LogP contribution in [0.25, 0.3) is 0 Å². The Kier molecular flexibility index (Phi) is 5.64. The molecule has 2 nitrogen and oxygen atoms in total. The van der Waals surface area contributed by atoms with E-state index in [4.69, 9.17) is 5.73 Å². The Morgan fingerprint density at radius 1 is 1.28 bits per heavy atom. The summed E-state index contributed by atoms with van der Waals surface area (Å²) in [5, 5.41) is 0. The highest BCUT2D eigenvalue weighted by molar-refractivity contribution is 5.85. The first kappa shape index (κ1) is 15.5. The van der Waals surface area contributed by atoms with Crippen molar-refractivity contribution in [2.24, 2.45) is 11.7 Å². The molecule has 0 bridgehead atoms. The predicted octanol–water partition coefficient (Wildman–Crippen LogP) is 2.89. The van der Waals surface area contributed by atoms with Gasteiger partial charge in [-0.1, -0.05) is 18.2 Å². The number of nitrogens with zero attached hydrogens (tertiary/aromatic N) is 1. The van der Waals surface area contributed by atoms with Crippen molar-refractivity contribution in [3.05, 3.63) is 34.9 Å². The third kappa shape index (κ3) is 3.47. The lowest BCUT2D eigenvalue weighted by atomic mass is 10.1. The molecule has 1 aromatic carbocycles. The van der Waals surface area contributed by atoms with E-state index in [1.165, 1.54) is 23.1 Å². The van der Waals surface area contributed by atoms with Crippen LogP contribution in [0.3, 0.4) is 0 Å². The first-order valence-electron chi connectivity index (χ1n) is 6.60. The van der Waals surface area contributed by atoms with Gasteiger partial charge in [0, 0.05) is 19.1 Å². The van der Waals surface area contributed by atoms with E-state index in [0.29, 0.717) is 12.0 Å². The smallest absolute Gasteiger partial charge is 0.0236 e. The molecule has 0 aromatic heterocycles. The predicted molar refractivity (Wildman–Crippen MR) is 80.2 cm³/mol. The Hall–Kier alpha value is -0.570. The summed E-state index contributed by atoms with van der Waals surface area (Å²) in [4.78, 5) is 2.56. The largest absolute Gasteiger partial charge is 0.330 e. The first-order valence-corrected chi connectivity index (χ1v) is 6.60. The zero-order valence-electron chi connectivity index (χ0n) is 11.6. The van der Waals surface area contributed by atoms with Crippen LogP contribution in [0.1, 0.15) is 30.0 Å². The summed E-state index contributed by atoms with van der Waals surface area (Å²) in [6.45, 7) is 9.73. The highest BCUT2D eigenvalue weighted by Gasteiger charge is 2.27. The molecule has 1 fully saturated rings. The number of likely N-dealkylation sites (tertiary alicyclic amines) is 1. The molecule has 18 heavy (non-hydrogen) atoms. The maximum Gasteiger partial charge on any atom is 0.0236 e. The van der Waals surface area contributed by atoms with Gasteiger partial charge in [0.2, 0.25) is 0 Å². The van der Waals surface area contributed by atoms with Gasteiger partial charge >= 0.3 is 0 Å². The van der Waals surface area contributed by atoms with Gasteiger partial charge in [-0.3, -0.25) is 4.90 Å². The molecule has 0 radical (unpaired) electrons. The SMILES string of the molecule is Cc1ccc(CN2CC(CN)CC2C)cc1C.Cl. The fourth-order valence-electron chi connectivity index (χ4n) is 2.75. The molecular weight excluding hydrogens is 244 g/mol. The zero-order valence-corrected chi connectivity index (χ0v) is 12.5. The van der Waals surface area contributed by atoms with E-state index in [2.05, 4.69) is 43.9 Å². The van der Waals surface area contributed by atoms with Crippen LogP contribution in [0, 0.1) is 19.8 Å². The number of hydrogen-bond acceptors (Lipinski definition) is 2. The van der Waals surface area contributed by atoms with Crippen LogP contribution >= 0.6 is 12.4 Å². The van der Waals surface area contributed by atoms with Crippen molar-refractivity contribution in [1.82, 2.24) is 4.90 Å². The molecule has 0 spiro atoms. The van der Waals surface area contributed by atoms with Crippen molar-refractivity contribution in [2.45, 2.75) is 39.8 Å². The van der Waals surface area contributed by atoms with Crippen LogP contribution in [0.4, 0.5) is 0 Å². The van der Waals surface area contributed by atoms with E-state index in [-0.39, 0.29) is 12.4 Å². The molecule has 0 saturated carbocycles. The molecule has 102 valence electrons. The van der Waals surface area contributed by atoms with E-state index >= 15 is 0 Å². The van der Waals surface area contributed by atoms with Gasteiger partial charge in [0.1, 0.15) is 0 Å². The van der Waals surface area contributed by atoms with Crippen LogP contribution in [0.2, 0.25) is 0 Å². The van der Waals surface area contributed by atoms with Crippen LogP contribution < -0.4 is 5.73 Å². The fraction of sp³-hybridized carbons (Fsp3) is 0.600. The van der Waals surface area contributed by atoms with Gasteiger partial charge in [0.05, 0.1) is 0 Å². The lowest BCUT2D eigenvalue weighted by Gasteiger charge is -2.21. The monoisotopic (exact) mass is 268 g/mol. The molecule has 1 heterocycles. The maximum absolute atomic E-state index is 5.77. The maximum atomic E-state index is 5.77. The third-order valence-corrected chi connectivity index (χ3v) is 4.08. The number of aryl methyl sites for hydroxylation is 2. The van der Waals surface area contributed by atoms with Crippen LogP contribution in [-0.2, 0) is 6.54 Å². The van der Waals surface area contributed by atoms with Gasteiger partial charge < -0.3 is 5.73 Å². The number of rotatable bonds is 3. The van der Waals surface area contributed by atoms with E-state index in [1.54, 1.807) is 0 Å². The second kappa shape index (κ2) is 6.55. The van der Waals surface area contributed by atoms with E-state index < -0.39 is 0 Å². The van der Waals surface area contributed by atoms with Crippen molar-refractivity contribution < 1.29 is 0 Å². The summed E-state index contributed by atoms with van der Waals surface area (Å²) < 4.78 is 0. The summed E-state index contributed by atoms with van der Waals surface area (Å²) in [5.74, 6) is 0.691. The average molecular weight is 269 g/mol. The molecule has 1 aliphatic rings. The number of nitrogens with two attached hydrogens (primary N) is 1. The van der Waals surface area contributed by atoms with Gasteiger partial charge in [0.15, 0.2) is 0 Å². The third-order valence-electron chi connectivity index (χ3n) is 4.08. The van der Waals surface area contributed by atoms with Gasteiger partial charge in [0.25, 0.3) is 0 Å². The van der Waals surface area contributed by atoms with Crippen molar-refractivity contribution in [1.29, 1.82) is 0 Å². The molecule has 1 aliphatic heterocycles. The lowest BCUT2D eigenvalue weighted by Crippen LogP contribution is -2.27. The van der Waals surface area contributed by atoms with Gasteiger partial charge in [-0.05, 0) is 56.3 Å². The number of benzene rings is 1. The fourth-order valence-corrected chi connectivity index (χ4v) is 2.75. The summed E-state index contributed by atoms with van der Waals surface area (Å²) >= 11 is 0. The highest BCUT2D eigenvalue weighted by Crippen LogP contribution is 2.24. The average Bonchev–Trinajstić information content (AvgIpc) is 2.65. The lowest BCUT2D eigenvalue weighted by molar-refractivity contribution is 0.256. The van der Waals surface area contributed by atoms with Crippen molar-refractivity contribution in [3.63, 3.8) is 0 Å². The molecule has 3 heteroatoms. The van der Waals surface area contributed by atoms with E-state index in [0.717, 1.165) is 19.6 Å². The Morgan fingerprint density at radius 3 is 2.56 bits per heavy atom. The molecular formula is C15H25ClN2. The van der Waals surface area contributed by atoms with Crippen LogP contribution in [0.15, 0.2) is 18.2 Å². The van der Waals surface area contributed by atoms with Gasteiger partial charge in [-0.25, -0.2) is 0 Å². The summed E-state index contributed by atoms with van der Waals surface area (Å²) in [5.41, 5.74) is 9.97. The number of hydrogen-bond donors (Lipinski definition) is 1. The molecule has 0 aliphatic carbocycles. The number of halogens is 1. The normalized spacial score (nSPS) is 24.0. The Balaban J connectivity index is 0.00000162. The van der Waals surface area contributed by atoms with Crippen LogP contribution in [0.5, 0.6) is 0 Å². The molecule has 2 N–H and O–H groups in total. The van der Waals surface area contributed by atoms with Crippen molar-refractivity contribution >= 4 is 12.4 Å². The Labute approximate surface area is 117 Å². The van der Waals surface area contributed by atoms with E-state index in [9.17, 15) is 0 Å². The van der Waals surface area contributed by atoms with Gasteiger partial charge in [-0.2, -0.15) is 0 Å². The molecule has 2 atom stereocenters. The molecule has 2 rings (SSSR count). The topological polar surface area (TPSA) is 29.3 Å². The molecule has 1 aromatic rings. The molecule has 1 saturated heterocycles.